The lowest BCUT2D eigenvalue weighted by atomic mass is 10.00. The van der Waals surface area contributed by atoms with Crippen LogP contribution in [0.2, 0.25) is 0 Å². The molecular weight excluding hydrogens is 186 g/mol. The van der Waals surface area contributed by atoms with Gasteiger partial charge < -0.3 is 10.6 Å². The normalized spacial score (nSPS) is 17.1. The molecule has 0 aliphatic carbocycles. The van der Waals surface area contributed by atoms with Gasteiger partial charge in [0.25, 0.3) is 0 Å². The van der Waals surface area contributed by atoms with Crippen molar-refractivity contribution < 1.29 is 0 Å². The summed E-state index contributed by atoms with van der Waals surface area (Å²) in [5.74, 6) is 0. The summed E-state index contributed by atoms with van der Waals surface area (Å²) in [5, 5.41) is 0. The highest BCUT2D eigenvalue weighted by Crippen LogP contribution is 2.31. The number of rotatable bonds is 0. The van der Waals surface area contributed by atoms with E-state index in [2.05, 4.69) is 22.2 Å². The van der Waals surface area contributed by atoms with Crippen LogP contribution in [0.4, 0.5) is 5.69 Å². The van der Waals surface area contributed by atoms with Gasteiger partial charge in [-0.15, -0.1) is 0 Å². The number of aliphatic imine (C=N–C) groups is 1. The molecule has 0 spiro atoms. The third-order valence-corrected chi connectivity index (χ3v) is 2.68. The van der Waals surface area contributed by atoms with Crippen molar-refractivity contribution in [2.24, 2.45) is 4.99 Å². The quantitative estimate of drug-likeness (QED) is 0.646. The second-order valence-electron chi connectivity index (χ2n) is 3.66. The van der Waals surface area contributed by atoms with E-state index >= 15 is 0 Å². The molecule has 3 heteroatoms. The molecule has 2 aliphatic heterocycles. The molecule has 0 unspecified atom stereocenters. The summed E-state index contributed by atoms with van der Waals surface area (Å²) in [6.07, 6.45) is 7.94. The highest BCUT2D eigenvalue weighted by molar-refractivity contribution is 5.83. The van der Waals surface area contributed by atoms with Gasteiger partial charge in [0.05, 0.1) is 18.4 Å². The molecule has 0 fully saturated rings. The number of nitrogens with two attached hydrogens (primary N) is 1. The van der Waals surface area contributed by atoms with Crippen LogP contribution in [0, 0.1) is 0 Å². The number of benzene rings is 1. The number of fused-ring (bicyclic) bond motifs is 3. The van der Waals surface area contributed by atoms with Crippen molar-refractivity contribution in [2.45, 2.75) is 0 Å². The zero-order valence-corrected chi connectivity index (χ0v) is 8.22. The van der Waals surface area contributed by atoms with Crippen molar-refractivity contribution >= 4 is 23.7 Å². The van der Waals surface area contributed by atoms with Crippen molar-refractivity contribution in [2.75, 3.05) is 12.3 Å². The minimum atomic E-state index is 0.798. The minimum Gasteiger partial charge on any atom is -0.399 e. The van der Waals surface area contributed by atoms with Gasteiger partial charge in [-0.1, -0.05) is 6.07 Å². The summed E-state index contributed by atoms with van der Waals surface area (Å²) in [6.45, 7) is 0.839. The molecule has 0 saturated heterocycles. The van der Waals surface area contributed by atoms with Crippen LogP contribution in [0.3, 0.4) is 0 Å². The van der Waals surface area contributed by atoms with E-state index in [0.29, 0.717) is 0 Å². The van der Waals surface area contributed by atoms with E-state index in [9.17, 15) is 0 Å². The topological polar surface area (TPSA) is 41.6 Å². The van der Waals surface area contributed by atoms with Gasteiger partial charge in [0.15, 0.2) is 0 Å². The van der Waals surface area contributed by atoms with Crippen LogP contribution in [0.15, 0.2) is 35.6 Å². The zero-order chi connectivity index (χ0) is 10.3. The predicted molar refractivity (Wildman–Crippen MR) is 63.1 cm³/mol. The van der Waals surface area contributed by atoms with Gasteiger partial charge in [-0.2, -0.15) is 0 Å². The average Bonchev–Trinajstić information content (AvgIpc) is 2.28. The summed E-state index contributed by atoms with van der Waals surface area (Å²) in [6, 6.07) is 5.96. The van der Waals surface area contributed by atoms with Crippen LogP contribution in [0.25, 0.3) is 11.8 Å². The van der Waals surface area contributed by atoms with Crippen molar-refractivity contribution in [1.82, 2.24) is 4.90 Å². The first-order chi connectivity index (χ1) is 7.34. The van der Waals surface area contributed by atoms with Gasteiger partial charge in [-0.25, -0.2) is 0 Å². The van der Waals surface area contributed by atoms with Crippen LogP contribution < -0.4 is 5.73 Å². The smallest absolute Gasteiger partial charge is 0.0675 e. The third-order valence-electron chi connectivity index (χ3n) is 2.68. The van der Waals surface area contributed by atoms with E-state index in [0.717, 1.165) is 23.5 Å². The Morgan fingerprint density at radius 1 is 1.33 bits per heavy atom. The van der Waals surface area contributed by atoms with E-state index in [1.165, 1.54) is 5.56 Å². The minimum absolute atomic E-state index is 0.798. The number of anilines is 1. The van der Waals surface area contributed by atoms with Gasteiger partial charge in [0.2, 0.25) is 0 Å². The fraction of sp³-hybridized carbons (Fsp3) is 0.0833. The lowest BCUT2D eigenvalue weighted by Gasteiger charge is -2.28. The lowest BCUT2D eigenvalue weighted by Crippen LogP contribution is -2.23. The molecule has 0 aromatic heterocycles. The molecular formula is C12H11N3. The maximum absolute atomic E-state index is 5.75. The second kappa shape index (κ2) is 2.98. The SMILES string of the molecule is Nc1ccc2c(c1)C=CN1CC=NC=C21. The summed E-state index contributed by atoms with van der Waals surface area (Å²) in [4.78, 5) is 6.36. The highest BCUT2D eigenvalue weighted by atomic mass is 15.1. The molecule has 0 amide bonds. The Morgan fingerprint density at radius 2 is 2.27 bits per heavy atom. The van der Waals surface area contributed by atoms with Crippen LogP contribution in [-0.4, -0.2) is 17.7 Å². The average molecular weight is 197 g/mol. The van der Waals surface area contributed by atoms with Gasteiger partial charge in [0, 0.05) is 23.7 Å². The Bertz CT molecular complexity index is 498. The first-order valence-electron chi connectivity index (χ1n) is 4.91. The summed E-state index contributed by atoms with van der Waals surface area (Å²) in [7, 11) is 0. The maximum Gasteiger partial charge on any atom is 0.0675 e. The molecule has 15 heavy (non-hydrogen) atoms. The van der Waals surface area contributed by atoms with Crippen molar-refractivity contribution in [3.63, 3.8) is 0 Å². The summed E-state index contributed by atoms with van der Waals surface area (Å²) in [5.41, 5.74) is 10.1. The van der Waals surface area contributed by atoms with E-state index in [1.807, 2.05) is 30.6 Å². The summed E-state index contributed by atoms with van der Waals surface area (Å²) < 4.78 is 0. The van der Waals surface area contributed by atoms with Gasteiger partial charge in [-0.05, 0) is 23.8 Å². The lowest BCUT2D eigenvalue weighted by molar-refractivity contribution is 0.607. The van der Waals surface area contributed by atoms with Crippen molar-refractivity contribution in [3.05, 3.63) is 41.7 Å². The molecule has 3 nitrogen and oxygen atoms in total. The molecule has 2 N–H and O–H groups in total. The van der Waals surface area contributed by atoms with Crippen LogP contribution in [0.5, 0.6) is 0 Å². The molecule has 1 aromatic rings. The third kappa shape index (κ3) is 1.24. The Balaban J connectivity index is 2.20. The Hall–Kier alpha value is -2.03. The van der Waals surface area contributed by atoms with Crippen LogP contribution in [-0.2, 0) is 0 Å². The van der Waals surface area contributed by atoms with Crippen LogP contribution in [0.1, 0.15) is 11.1 Å². The second-order valence-corrected chi connectivity index (χ2v) is 3.66. The molecule has 0 atom stereocenters. The molecule has 2 heterocycles. The Labute approximate surface area is 88.2 Å². The highest BCUT2D eigenvalue weighted by Gasteiger charge is 2.17. The van der Waals surface area contributed by atoms with E-state index < -0.39 is 0 Å². The Morgan fingerprint density at radius 3 is 3.20 bits per heavy atom. The van der Waals surface area contributed by atoms with E-state index in [-0.39, 0.29) is 0 Å². The molecule has 2 aliphatic rings. The maximum atomic E-state index is 5.75. The molecule has 0 radical (unpaired) electrons. The van der Waals surface area contributed by atoms with Gasteiger partial charge >= 0.3 is 0 Å². The first-order valence-corrected chi connectivity index (χ1v) is 4.91. The molecule has 0 bridgehead atoms. The predicted octanol–water partition coefficient (Wildman–Crippen LogP) is 1.94. The number of nitrogens with zero attached hydrogens (tertiary/aromatic N) is 2. The standard InChI is InChI=1S/C12H11N3/c13-10-1-2-11-9(7-10)3-5-15-6-4-14-8-12(11)15/h1-5,7-8H,6,13H2. The molecule has 1 aromatic carbocycles. The largest absolute Gasteiger partial charge is 0.399 e. The van der Waals surface area contributed by atoms with Crippen molar-refractivity contribution in [3.8, 4) is 0 Å². The molecule has 3 rings (SSSR count). The van der Waals surface area contributed by atoms with Crippen LogP contribution >= 0.6 is 0 Å². The van der Waals surface area contributed by atoms with E-state index in [4.69, 9.17) is 5.73 Å². The molecule has 74 valence electrons. The number of hydrogen-bond donors (Lipinski definition) is 1. The van der Waals surface area contributed by atoms with E-state index in [1.54, 1.807) is 0 Å². The zero-order valence-electron chi connectivity index (χ0n) is 8.22. The Kier molecular flexibility index (Phi) is 1.65. The fourth-order valence-corrected chi connectivity index (χ4v) is 1.92. The number of hydrogen-bond acceptors (Lipinski definition) is 3. The summed E-state index contributed by atoms with van der Waals surface area (Å²) >= 11 is 0. The first kappa shape index (κ1) is 8.29. The van der Waals surface area contributed by atoms with Gasteiger partial charge in [-0.3, -0.25) is 4.99 Å². The van der Waals surface area contributed by atoms with Crippen molar-refractivity contribution in [1.29, 1.82) is 0 Å². The van der Waals surface area contributed by atoms with Gasteiger partial charge in [0.1, 0.15) is 0 Å². The molecule has 0 saturated carbocycles. The monoisotopic (exact) mass is 197 g/mol. The fourth-order valence-electron chi connectivity index (χ4n) is 1.92. The number of nitrogen functional groups attached to an aromatic ring is 1.